The van der Waals surface area contributed by atoms with Crippen LogP contribution in [0.4, 0.5) is 5.69 Å². The number of nitro groups is 1. The lowest BCUT2D eigenvalue weighted by Crippen LogP contribution is -2.44. The quantitative estimate of drug-likeness (QED) is 0.424. The number of morpholine rings is 1. The van der Waals surface area contributed by atoms with Gasteiger partial charge in [0.05, 0.1) is 35.8 Å². The van der Waals surface area contributed by atoms with Crippen LogP contribution in [-0.4, -0.2) is 53.1 Å². The highest BCUT2D eigenvalue weighted by Crippen LogP contribution is 2.28. The summed E-state index contributed by atoms with van der Waals surface area (Å²) in [5.74, 6) is -1.15. The first kappa shape index (κ1) is 22.0. The number of nitrogens with zero attached hydrogens (tertiary/aromatic N) is 3. The molecular formula is C21H21ClN4O6. The van der Waals surface area contributed by atoms with E-state index in [9.17, 15) is 19.7 Å². The molecule has 1 fully saturated rings. The molecule has 2 heterocycles. The molecule has 2 aromatic carbocycles. The fourth-order valence-electron chi connectivity index (χ4n) is 3.80. The maximum atomic E-state index is 12.7. The van der Waals surface area contributed by atoms with Crippen molar-refractivity contribution in [1.82, 2.24) is 14.8 Å². The van der Waals surface area contributed by atoms with Crippen LogP contribution in [0.5, 0.6) is 0 Å². The van der Waals surface area contributed by atoms with E-state index in [1.807, 2.05) is 24.3 Å². The van der Waals surface area contributed by atoms with Crippen molar-refractivity contribution in [2.45, 2.75) is 12.6 Å². The number of halogens is 1. The van der Waals surface area contributed by atoms with Crippen LogP contribution < -0.4 is 11.1 Å². The molecule has 1 N–H and O–H groups in total. The fourth-order valence-corrected chi connectivity index (χ4v) is 4.06. The van der Waals surface area contributed by atoms with Gasteiger partial charge in [-0.1, -0.05) is 29.8 Å². The van der Waals surface area contributed by atoms with Crippen molar-refractivity contribution in [3.8, 4) is 0 Å². The van der Waals surface area contributed by atoms with E-state index in [2.05, 4.69) is 10.2 Å². The summed E-state index contributed by atoms with van der Waals surface area (Å²) in [6, 6.07) is 11.1. The molecule has 4 rings (SSSR count). The first-order chi connectivity index (χ1) is 15.4. The number of oxazole rings is 1. The molecule has 1 unspecified atom stereocenters. The van der Waals surface area contributed by atoms with Gasteiger partial charge in [0.2, 0.25) is 5.91 Å². The number of nitrogens with one attached hydrogen (secondary N) is 1. The highest BCUT2D eigenvalue weighted by atomic mass is 35.5. The van der Waals surface area contributed by atoms with Crippen molar-refractivity contribution < 1.29 is 18.9 Å². The predicted octanol–water partition coefficient (Wildman–Crippen LogP) is 2.35. The van der Waals surface area contributed by atoms with Crippen LogP contribution in [0.15, 0.2) is 51.7 Å². The highest BCUT2D eigenvalue weighted by Gasteiger charge is 2.25. The second-order valence-corrected chi connectivity index (χ2v) is 7.76. The van der Waals surface area contributed by atoms with E-state index in [1.165, 1.54) is 12.1 Å². The number of carbonyl (C=O) groups is 1. The van der Waals surface area contributed by atoms with Gasteiger partial charge in [0.15, 0.2) is 5.58 Å². The monoisotopic (exact) mass is 460 g/mol. The van der Waals surface area contributed by atoms with Gasteiger partial charge in [-0.25, -0.2) is 4.79 Å². The summed E-state index contributed by atoms with van der Waals surface area (Å²) >= 11 is 6.41. The summed E-state index contributed by atoms with van der Waals surface area (Å²) in [7, 11) is 0. The molecule has 168 valence electrons. The summed E-state index contributed by atoms with van der Waals surface area (Å²) in [5.41, 5.74) is 1.07. The molecule has 1 amide bonds. The molecule has 0 saturated carbocycles. The Kier molecular flexibility index (Phi) is 6.54. The van der Waals surface area contributed by atoms with Crippen LogP contribution >= 0.6 is 11.6 Å². The molecule has 11 heteroatoms. The zero-order valence-electron chi connectivity index (χ0n) is 17.0. The number of nitro benzene ring substituents is 1. The van der Waals surface area contributed by atoms with Crippen LogP contribution in [0, 0.1) is 10.1 Å². The Morgan fingerprint density at radius 3 is 2.69 bits per heavy atom. The first-order valence-electron chi connectivity index (χ1n) is 10.0. The van der Waals surface area contributed by atoms with Gasteiger partial charge in [-0.3, -0.25) is 24.4 Å². The minimum Gasteiger partial charge on any atom is -0.407 e. The average Bonchev–Trinajstić information content (AvgIpc) is 3.10. The normalized spacial score (nSPS) is 15.5. The van der Waals surface area contributed by atoms with Gasteiger partial charge >= 0.3 is 5.76 Å². The Morgan fingerprint density at radius 1 is 1.22 bits per heavy atom. The third kappa shape index (κ3) is 4.67. The first-order valence-corrected chi connectivity index (χ1v) is 10.4. The minimum atomic E-state index is -0.758. The molecule has 0 spiro atoms. The summed E-state index contributed by atoms with van der Waals surface area (Å²) < 4.78 is 11.7. The second kappa shape index (κ2) is 9.51. The standard InChI is InChI=1S/C21H21ClN4O6/c22-16-4-2-1-3-15(16)18(24-7-9-31-10-8-24)12-23-20(27)13-25-17-6-5-14(26(29)30)11-19(17)32-21(25)28/h1-6,11,18H,7-10,12-13H2,(H,23,27). The van der Waals surface area contributed by atoms with Gasteiger partial charge in [0, 0.05) is 30.7 Å². The van der Waals surface area contributed by atoms with Crippen LogP contribution in [0.2, 0.25) is 5.02 Å². The Balaban J connectivity index is 1.50. The largest absolute Gasteiger partial charge is 0.420 e. The van der Waals surface area contributed by atoms with Gasteiger partial charge in [-0.15, -0.1) is 0 Å². The van der Waals surface area contributed by atoms with E-state index in [0.29, 0.717) is 43.4 Å². The molecule has 1 aliphatic heterocycles. The summed E-state index contributed by atoms with van der Waals surface area (Å²) in [6.45, 7) is 2.61. The molecule has 0 radical (unpaired) electrons. The van der Waals surface area contributed by atoms with E-state index in [0.717, 1.165) is 16.2 Å². The fraction of sp³-hybridized carbons (Fsp3) is 0.333. The number of rotatable bonds is 7. The topological polar surface area (TPSA) is 120 Å². The van der Waals surface area contributed by atoms with Gasteiger partial charge in [-0.2, -0.15) is 0 Å². The number of aromatic nitrogens is 1. The Bertz CT molecular complexity index is 1200. The number of ether oxygens (including phenoxy) is 1. The lowest BCUT2D eigenvalue weighted by atomic mass is 10.0. The molecule has 0 bridgehead atoms. The van der Waals surface area contributed by atoms with E-state index >= 15 is 0 Å². The Morgan fingerprint density at radius 2 is 1.97 bits per heavy atom. The van der Waals surface area contributed by atoms with Crippen molar-refractivity contribution >= 4 is 34.3 Å². The lowest BCUT2D eigenvalue weighted by Gasteiger charge is -2.35. The number of carbonyl (C=O) groups excluding carboxylic acids is 1. The van der Waals surface area contributed by atoms with Crippen molar-refractivity contribution in [3.05, 3.63) is 73.7 Å². The van der Waals surface area contributed by atoms with Gasteiger partial charge in [0.25, 0.3) is 5.69 Å². The number of hydrogen-bond donors (Lipinski definition) is 1. The van der Waals surface area contributed by atoms with E-state index in [1.54, 1.807) is 0 Å². The van der Waals surface area contributed by atoms with Crippen molar-refractivity contribution in [2.75, 3.05) is 32.8 Å². The van der Waals surface area contributed by atoms with Crippen molar-refractivity contribution in [1.29, 1.82) is 0 Å². The van der Waals surface area contributed by atoms with Crippen LogP contribution in [-0.2, 0) is 16.1 Å². The molecule has 1 aliphatic rings. The number of non-ortho nitro benzene ring substituents is 1. The van der Waals surface area contributed by atoms with E-state index in [-0.39, 0.29) is 23.9 Å². The van der Waals surface area contributed by atoms with E-state index < -0.39 is 16.6 Å². The number of amides is 1. The van der Waals surface area contributed by atoms with Crippen LogP contribution in [0.3, 0.4) is 0 Å². The predicted molar refractivity (Wildman–Crippen MR) is 117 cm³/mol. The Hall–Kier alpha value is -3.21. The summed E-state index contributed by atoms with van der Waals surface area (Å²) in [4.78, 5) is 37.4. The molecular weight excluding hydrogens is 440 g/mol. The molecule has 1 atom stereocenters. The molecule has 32 heavy (non-hydrogen) atoms. The maximum absolute atomic E-state index is 12.7. The minimum absolute atomic E-state index is 0.0549. The third-order valence-electron chi connectivity index (χ3n) is 5.41. The third-order valence-corrected chi connectivity index (χ3v) is 5.75. The SMILES string of the molecule is O=C(Cn1c(=O)oc2cc([N+](=O)[O-])ccc21)NCC(c1ccccc1Cl)N1CCOCC1. The number of hydrogen-bond acceptors (Lipinski definition) is 7. The second-order valence-electron chi connectivity index (χ2n) is 7.35. The lowest BCUT2D eigenvalue weighted by molar-refractivity contribution is -0.384. The van der Waals surface area contributed by atoms with Crippen molar-refractivity contribution in [2.24, 2.45) is 0 Å². The molecule has 1 aromatic heterocycles. The summed E-state index contributed by atoms with van der Waals surface area (Å²) in [6.07, 6.45) is 0. The van der Waals surface area contributed by atoms with Crippen LogP contribution in [0.1, 0.15) is 11.6 Å². The summed E-state index contributed by atoms with van der Waals surface area (Å²) in [5, 5.41) is 14.4. The highest BCUT2D eigenvalue weighted by molar-refractivity contribution is 6.31. The zero-order chi connectivity index (χ0) is 22.7. The average molecular weight is 461 g/mol. The number of benzene rings is 2. The zero-order valence-corrected chi connectivity index (χ0v) is 17.8. The van der Waals surface area contributed by atoms with Gasteiger partial charge < -0.3 is 14.5 Å². The molecule has 1 saturated heterocycles. The smallest absolute Gasteiger partial charge is 0.407 e. The number of fused-ring (bicyclic) bond motifs is 1. The molecule has 10 nitrogen and oxygen atoms in total. The van der Waals surface area contributed by atoms with Crippen molar-refractivity contribution in [3.63, 3.8) is 0 Å². The Labute approximate surface area is 187 Å². The van der Waals surface area contributed by atoms with Gasteiger partial charge in [0.1, 0.15) is 6.54 Å². The maximum Gasteiger partial charge on any atom is 0.420 e. The van der Waals surface area contributed by atoms with Crippen LogP contribution in [0.25, 0.3) is 11.1 Å². The van der Waals surface area contributed by atoms with Gasteiger partial charge in [-0.05, 0) is 17.7 Å². The molecule has 0 aliphatic carbocycles. The van der Waals surface area contributed by atoms with E-state index in [4.69, 9.17) is 20.8 Å². The molecule has 3 aromatic rings.